The van der Waals surface area contributed by atoms with Crippen molar-refractivity contribution in [1.82, 2.24) is 0 Å². The molecule has 0 spiro atoms. The third kappa shape index (κ3) is 16.1. The lowest BCUT2D eigenvalue weighted by molar-refractivity contribution is -0.143. The molecule has 20 heavy (non-hydrogen) atoms. The van der Waals surface area contributed by atoms with E-state index in [1.54, 1.807) is 0 Å². The smallest absolute Gasteiger partial charge is 0.306 e. The largest absolute Gasteiger partial charge is 0.481 e. The molecule has 116 valence electrons. The molecule has 1 N–H and O–H groups in total. The van der Waals surface area contributed by atoms with Gasteiger partial charge in [-0.25, -0.2) is 0 Å². The molecule has 4 nitrogen and oxygen atoms in total. The first-order valence-electron chi connectivity index (χ1n) is 6.22. The molecular weight excluding hydrogens is 336 g/mol. The van der Waals surface area contributed by atoms with E-state index >= 15 is 0 Å². The number of hydrogen-bond donors (Lipinski definition) is 1. The highest BCUT2D eigenvalue weighted by atomic mass is 33.1. The van der Waals surface area contributed by atoms with E-state index in [1.165, 1.54) is 27.3 Å². The monoisotopic (exact) mass is 356 g/mol. The van der Waals surface area contributed by atoms with Gasteiger partial charge >= 0.3 is 11.9 Å². The number of rotatable bonds is 9. The summed E-state index contributed by atoms with van der Waals surface area (Å²) in [7, 11) is 6.67. The highest BCUT2D eigenvalue weighted by Crippen LogP contribution is 2.27. The summed E-state index contributed by atoms with van der Waals surface area (Å²) in [6.07, 6.45) is 3.56. The molecular formula is C12H20O4S4. The van der Waals surface area contributed by atoms with Gasteiger partial charge in [0.2, 0.25) is 0 Å². The molecule has 8 heteroatoms. The lowest BCUT2D eigenvalue weighted by Crippen LogP contribution is -2.05. The van der Waals surface area contributed by atoms with Gasteiger partial charge in [-0.1, -0.05) is 56.2 Å². The zero-order valence-electron chi connectivity index (χ0n) is 11.4. The second-order valence-electron chi connectivity index (χ2n) is 3.51. The number of aliphatic carboxylic acids is 1. The molecule has 0 radical (unpaired) electrons. The van der Waals surface area contributed by atoms with E-state index in [-0.39, 0.29) is 12.4 Å². The van der Waals surface area contributed by atoms with Gasteiger partial charge in [-0.05, 0) is 11.8 Å². The Kier molecular flexibility index (Phi) is 15.5. The maximum Gasteiger partial charge on any atom is 0.306 e. The maximum atomic E-state index is 11.0. The van der Waals surface area contributed by atoms with Crippen LogP contribution < -0.4 is 0 Å². The van der Waals surface area contributed by atoms with Crippen molar-refractivity contribution < 1.29 is 19.4 Å². The Labute approximate surface area is 136 Å². The first kappa shape index (κ1) is 20.1. The number of carboxylic acids is 1. The highest BCUT2D eigenvalue weighted by Gasteiger charge is 2.02. The standard InChI is InChI=1S/C9H16O4S2.C3H4S2/c1-2-5-13-9(12)4-7-15-14-6-3-8(10)11;1-2-4-5-3-1/h2-7H2,1H3,(H,10,11);1-2H,3H2. The van der Waals surface area contributed by atoms with E-state index in [9.17, 15) is 9.59 Å². The minimum atomic E-state index is -0.787. The topological polar surface area (TPSA) is 63.6 Å². The predicted molar refractivity (Wildman–Crippen MR) is 92.2 cm³/mol. The predicted octanol–water partition coefficient (Wildman–Crippen LogP) is 4.08. The van der Waals surface area contributed by atoms with Gasteiger partial charge in [0.25, 0.3) is 0 Å². The van der Waals surface area contributed by atoms with Gasteiger partial charge in [-0.2, -0.15) is 0 Å². The van der Waals surface area contributed by atoms with Crippen LogP contribution in [0.15, 0.2) is 11.5 Å². The van der Waals surface area contributed by atoms with Crippen LogP contribution in [0.4, 0.5) is 0 Å². The maximum absolute atomic E-state index is 11.0. The fraction of sp³-hybridized carbons (Fsp3) is 0.667. The van der Waals surface area contributed by atoms with Crippen molar-refractivity contribution in [2.75, 3.05) is 23.9 Å². The zero-order chi connectivity index (χ0) is 15.1. The average molecular weight is 357 g/mol. The van der Waals surface area contributed by atoms with Crippen LogP contribution in [0.2, 0.25) is 0 Å². The molecule has 1 rings (SSSR count). The summed E-state index contributed by atoms with van der Waals surface area (Å²) < 4.78 is 4.88. The Bertz CT molecular complexity index is 291. The Morgan fingerprint density at radius 1 is 1.30 bits per heavy atom. The van der Waals surface area contributed by atoms with Crippen molar-refractivity contribution in [2.24, 2.45) is 0 Å². The molecule has 0 aromatic carbocycles. The number of esters is 1. The molecule has 0 saturated heterocycles. The second kappa shape index (κ2) is 15.5. The number of carbonyl (C=O) groups is 2. The van der Waals surface area contributed by atoms with Gasteiger partial charge in [0, 0.05) is 17.3 Å². The molecule has 0 unspecified atom stereocenters. The molecule has 1 aliphatic heterocycles. The van der Waals surface area contributed by atoms with E-state index in [2.05, 4.69) is 11.5 Å². The van der Waals surface area contributed by atoms with Crippen molar-refractivity contribution in [3.8, 4) is 0 Å². The second-order valence-corrected chi connectivity index (χ2v) is 8.53. The molecule has 0 aromatic heterocycles. The van der Waals surface area contributed by atoms with Gasteiger partial charge in [-0.15, -0.1) is 0 Å². The van der Waals surface area contributed by atoms with Gasteiger partial charge in [0.15, 0.2) is 0 Å². The van der Waals surface area contributed by atoms with Crippen molar-refractivity contribution in [3.05, 3.63) is 11.5 Å². The first-order valence-corrected chi connectivity index (χ1v) is 11.1. The molecule has 0 aliphatic carbocycles. The quantitative estimate of drug-likeness (QED) is 0.377. The third-order valence-corrected chi connectivity index (χ3v) is 6.05. The van der Waals surface area contributed by atoms with Crippen molar-refractivity contribution in [3.63, 3.8) is 0 Å². The fourth-order valence-corrected chi connectivity index (χ4v) is 4.38. The Morgan fingerprint density at radius 3 is 2.45 bits per heavy atom. The fourth-order valence-electron chi connectivity index (χ4n) is 0.856. The van der Waals surface area contributed by atoms with Crippen LogP contribution in [0.5, 0.6) is 0 Å². The van der Waals surface area contributed by atoms with E-state index in [4.69, 9.17) is 9.84 Å². The highest BCUT2D eigenvalue weighted by molar-refractivity contribution is 8.78. The summed E-state index contributed by atoms with van der Waals surface area (Å²) in [4.78, 5) is 21.2. The van der Waals surface area contributed by atoms with Crippen molar-refractivity contribution in [2.45, 2.75) is 26.2 Å². The lowest BCUT2D eigenvalue weighted by atomic mass is 10.5. The van der Waals surface area contributed by atoms with Crippen LogP contribution in [-0.2, 0) is 14.3 Å². The molecule has 1 aliphatic rings. The summed E-state index contributed by atoms with van der Waals surface area (Å²) in [5.41, 5.74) is 0. The van der Waals surface area contributed by atoms with Crippen LogP contribution >= 0.6 is 43.2 Å². The summed E-state index contributed by atoms with van der Waals surface area (Å²) in [6.45, 7) is 2.43. The van der Waals surface area contributed by atoms with Crippen molar-refractivity contribution >= 4 is 55.1 Å². The zero-order valence-corrected chi connectivity index (χ0v) is 14.7. The minimum absolute atomic E-state index is 0.165. The van der Waals surface area contributed by atoms with Gasteiger partial charge in [0.05, 0.1) is 19.4 Å². The van der Waals surface area contributed by atoms with Crippen LogP contribution in [0.1, 0.15) is 26.2 Å². The molecule has 0 fully saturated rings. The van der Waals surface area contributed by atoms with Crippen LogP contribution in [0.3, 0.4) is 0 Å². The van der Waals surface area contributed by atoms with Crippen molar-refractivity contribution in [1.29, 1.82) is 0 Å². The summed E-state index contributed by atoms with van der Waals surface area (Å²) in [5.74, 6) is 1.48. The summed E-state index contributed by atoms with van der Waals surface area (Å²) in [6, 6.07) is 0. The van der Waals surface area contributed by atoms with E-state index in [0.29, 0.717) is 24.5 Å². The Morgan fingerprint density at radius 2 is 2.00 bits per heavy atom. The summed E-state index contributed by atoms with van der Waals surface area (Å²) in [5, 5.41) is 10.5. The third-order valence-electron chi connectivity index (χ3n) is 1.72. The minimum Gasteiger partial charge on any atom is -0.481 e. The number of ether oxygens (including phenoxy) is 1. The molecule has 0 aromatic rings. The molecule has 0 bridgehead atoms. The van der Waals surface area contributed by atoms with E-state index in [1.807, 2.05) is 28.5 Å². The Hall–Kier alpha value is 0.0800. The van der Waals surface area contributed by atoms with Gasteiger partial charge in [0.1, 0.15) is 0 Å². The first-order chi connectivity index (χ1) is 9.66. The van der Waals surface area contributed by atoms with Crippen LogP contribution in [-0.4, -0.2) is 40.9 Å². The number of carbonyl (C=O) groups excluding carboxylic acids is 1. The average Bonchev–Trinajstić information content (AvgIpc) is 2.99. The van der Waals surface area contributed by atoms with Crippen LogP contribution in [0.25, 0.3) is 0 Å². The SMILES string of the molecule is C1=CSSC1.CCCOC(=O)CCSSCCC(=O)O. The molecule has 0 atom stereocenters. The molecule has 0 saturated carbocycles. The van der Waals surface area contributed by atoms with E-state index < -0.39 is 5.97 Å². The van der Waals surface area contributed by atoms with Crippen LogP contribution in [0, 0.1) is 0 Å². The number of carboxylic acid groups (broad SMARTS) is 1. The molecule has 1 heterocycles. The number of hydrogen-bond acceptors (Lipinski definition) is 7. The van der Waals surface area contributed by atoms with E-state index in [0.717, 1.165) is 6.42 Å². The lowest BCUT2D eigenvalue weighted by Gasteiger charge is -2.02. The summed E-state index contributed by atoms with van der Waals surface area (Å²) >= 11 is 0. The van der Waals surface area contributed by atoms with Gasteiger partial charge in [-0.3, -0.25) is 9.59 Å². The van der Waals surface area contributed by atoms with Gasteiger partial charge < -0.3 is 9.84 Å². The normalized spacial score (nSPS) is 12.7. The molecule has 0 amide bonds. The Balaban J connectivity index is 0.000000595.